The molecule has 0 bridgehead atoms. The molecule has 1 aromatic heterocycles. The molecule has 6 nitrogen and oxygen atoms in total. The molecule has 1 amide bonds. The van der Waals surface area contributed by atoms with Gasteiger partial charge < -0.3 is 9.84 Å². The number of benzene rings is 2. The number of carbonyl (C=O) groups is 1. The van der Waals surface area contributed by atoms with Crippen LogP contribution in [0, 0.1) is 41.5 Å². The van der Waals surface area contributed by atoms with Crippen LogP contribution in [-0.2, 0) is 14.6 Å². The van der Waals surface area contributed by atoms with Crippen LogP contribution in [-0.4, -0.2) is 25.2 Å². The van der Waals surface area contributed by atoms with Gasteiger partial charge in [-0.1, -0.05) is 35.0 Å². The molecule has 0 atom stereocenters. The van der Waals surface area contributed by atoms with Gasteiger partial charge in [0.1, 0.15) is 0 Å². The van der Waals surface area contributed by atoms with Crippen LogP contribution in [0.15, 0.2) is 39.8 Å². The maximum atomic E-state index is 13.0. The second-order valence-electron chi connectivity index (χ2n) is 8.09. The van der Waals surface area contributed by atoms with E-state index in [1.807, 2.05) is 52.8 Å². The number of nitrogens with zero attached hydrogens (tertiary/aromatic N) is 1. The van der Waals surface area contributed by atoms with Crippen molar-refractivity contribution < 1.29 is 17.7 Å². The number of hydrogen-bond acceptors (Lipinski definition) is 5. The van der Waals surface area contributed by atoms with E-state index in [-0.39, 0.29) is 23.0 Å². The zero-order valence-corrected chi connectivity index (χ0v) is 19.6. The average molecular weight is 441 g/mol. The minimum atomic E-state index is -3.66. The van der Waals surface area contributed by atoms with Crippen LogP contribution in [0.1, 0.15) is 39.9 Å². The van der Waals surface area contributed by atoms with Gasteiger partial charge in [-0.15, -0.1) is 0 Å². The summed E-state index contributed by atoms with van der Waals surface area (Å²) in [6.07, 6.45) is -0.126. The van der Waals surface area contributed by atoms with E-state index in [0.717, 1.165) is 33.6 Å². The first-order valence-electron chi connectivity index (χ1n) is 10.1. The lowest BCUT2D eigenvalue weighted by atomic mass is 10.1. The standard InChI is InChI=1S/C24H28N2O4S/c1-14-11-16(3)23(17(4)12-14)25-22(27)9-10-31(28,29)21-13-20(8-7-15(21)2)24-18(5)19(6)26-30-24/h7-8,11-13H,9-10H2,1-6H3,(H,25,27). The molecule has 0 fully saturated rings. The van der Waals surface area contributed by atoms with Crippen LogP contribution >= 0.6 is 0 Å². The Kier molecular flexibility index (Phi) is 6.36. The molecular weight excluding hydrogens is 412 g/mol. The largest absolute Gasteiger partial charge is 0.356 e. The monoisotopic (exact) mass is 440 g/mol. The van der Waals surface area contributed by atoms with E-state index in [2.05, 4.69) is 10.5 Å². The fourth-order valence-corrected chi connectivity index (χ4v) is 5.22. The molecule has 3 aromatic rings. The summed E-state index contributed by atoms with van der Waals surface area (Å²) in [5, 5.41) is 6.81. The van der Waals surface area contributed by atoms with Gasteiger partial charge in [-0.25, -0.2) is 8.42 Å². The molecule has 0 radical (unpaired) electrons. The van der Waals surface area contributed by atoms with Gasteiger partial charge in [0.2, 0.25) is 5.91 Å². The van der Waals surface area contributed by atoms with Crippen LogP contribution in [0.3, 0.4) is 0 Å². The predicted molar refractivity (Wildman–Crippen MR) is 122 cm³/mol. The highest BCUT2D eigenvalue weighted by atomic mass is 32.2. The van der Waals surface area contributed by atoms with E-state index in [1.165, 1.54) is 0 Å². The zero-order valence-electron chi connectivity index (χ0n) is 18.8. The van der Waals surface area contributed by atoms with Crippen molar-refractivity contribution >= 4 is 21.4 Å². The van der Waals surface area contributed by atoms with Crippen LogP contribution in [0.4, 0.5) is 5.69 Å². The van der Waals surface area contributed by atoms with Gasteiger partial charge in [0.15, 0.2) is 15.6 Å². The molecule has 0 saturated carbocycles. The number of hydrogen-bond donors (Lipinski definition) is 1. The van der Waals surface area contributed by atoms with Crippen LogP contribution in [0.25, 0.3) is 11.3 Å². The number of aryl methyl sites for hydroxylation is 5. The van der Waals surface area contributed by atoms with Crippen LogP contribution in [0.5, 0.6) is 0 Å². The number of rotatable bonds is 6. The normalized spacial score (nSPS) is 11.5. The number of sulfone groups is 1. The third-order valence-electron chi connectivity index (χ3n) is 5.48. The molecule has 0 aliphatic rings. The Labute approximate surface area is 183 Å². The average Bonchev–Trinajstić information content (AvgIpc) is 3.02. The number of nitrogens with one attached hydrogen (secondary N) is 1. The molecule has 2 aromatic carbocycles. The predicted octanol–water partition coefficient (Wildman–Crippen LogP) is 4.99. The fraction of sp³-hybridized carbons (Fsp3) is 0.333. The Morgan fingerprint density at radius 1 is 0.968 bits per heavy atom. The molecule has 31 heavy (non-hydrogen) atoms. The van der Waals surface area contributed by atoms with Crippen molar-refractivity contribution in [3.05, 3.63) is 63.8 Å². The summed E-state index contributed by atoms with van der Waals surface area (Å²) in [5.74, 6) is -0.0484. The first kappa shape index (κ1) is 22.7. The third-order valence-corrected chi connectivity index (χ3v) is 7.33. The summed E-state index contributed by atoms with van der Waals surface area (Å²) < 4.78 is 31.4. The molecule has 1 heterocycles. The summed E-state index contributed by atoms with van der Waals surface area (Å²) in [6.45, 7) is 11.3. The minimum absolute atomic E-state index is 0.126. The van der Waals surface area contributed by atoms with E-state index in [1.54, 1.807) is 19.1 Å². The molecule has 3 rings (SSSR count). The first-order valence-corrected chi connectivity index (χ1v) is 11.8. The van der Waals surface area contributed by atoms with Crippen molar-refractivity contribution in [2.75, 3.05) is 11.1 Å². The number of amides is 1. The molecule has 7 heteroatoms. The molecule has 0 spiro atoms. The summed E-state index contributed by atoms with van der Waals surface area (Å²) >= 11 is 0. The van der Waals surface area contributed by atoms with Crippen LogP contribution < -0.4 is 5.32 Å². The first-order chi connectivity index (χ1) is 14.5. The molecular formula is C24H28N2O4S. The van der Waals surface area contributed by atoms with Gasteiger partial charge in [-0.2, -0.15) is 0 Å². The Morgan fingerprint density at radius 2 is 1.61 bits per heavy atom. The van der Waals surface area contributed by atoms with Crippen molar-refractivity contribution in [1.82, 2.24) is 5.16 Å². The highest BCUT2D eigenvalue weighted by molar-refractivity contribution is 7.91. The summed E-state index contributed by atoms with van der Waals surface area (Å²) in [4.78, 5) is 12.7. The second kappa shape index (κ2) is 8.67. The zero-order chi connectivity index (χ0) is 22.9. The van der Waals surface area contributed by atoms with Gasteiger partial charge in [-0.05, 0) is 64.3 Å². The molecule has 0 unspecified atom stereocenters. The van der Waals surface area contributed by atoms with E-state index in [0.29, 0.717) is 16.9 Å². The minimum Gasteiger partial charge on any atom is -0.356 e. The lowest BCUT2D eigenvalue weighted by Gasteiger charge is -2.13. The van der Waals surface area contributed by atoms with Gasteiger partial charge >= 0.3 is 0 Å². The van der Waals surface area contributed by atoms with Crippen molar-refractivity contribution in [1.29, 1.82) is 0 Å². The van der Waals surface area contributed by atoms with E-state index >= 15 is 0 Å². The fourth-order valence-electron chi connectivity index (χ4n) is 3.68. The maximum Gasteiger partial charge on any atom is 0.225 e. The van der Waals surface area contributed by atoms with E-state index < -0.39 is 9.84 Å². The van der Waals surface area contributed by atoms with Crippen LogP contribution in [0.2, 0.25) is 0 Å². The topological polar surface area (TPSA) is 89.3 Å². The van der Waals surface area contributed by atoms with Crippen molar-refractivity contribution in [3.8, 4) is 11.3 Å². The quantitative estimate of drug-likeness (QED) is 0.583. The van der Waals surface area contributed by atoms with Crippen molar-refractivity contribution in [2.45, 2.75) is 52.9 Å². The third kappa shape index (κ3) is 4.88. The van der Waals surface area contributed by atoms with E-state index in [9.17, 15) is 13.2 Å². The SMILES string of the molecule is Cc1cc(C)c(NC(=O)CCS(=O)(=O)c2cc(-c3onc(C)c3C)ccc2C)c(C)c1. The number of anilines is 1. The molecule has 0 aliphatic carbocycles. The summed E-state index contributed by atoms with van der Waals surface area (Å²) in [6, 6.07) is 9.14. The lowest BCUT2D eigenvalue weighted by molar-refractivity contribution is -0.115. The molecule has 164 valence electrons. The lowest BCUT2D eigenvalue weighted by Crippen LogP contribution is -2.19. The van der Waals surface area contributed by atoms with E-state index in [4.69, 9.17) is 4.52 Å². The van der Waals surface area contributed by atoms with Crippen molar-refractivity contribution in [3.63, 3.8) is 0 Å². The Morgan fingerprint density at radius 3 is 2.19 bits per heavy atom. The Bertz CT molecular complexity index is 1230. The van der Waals surface area contributed by atoms with Gasteiger partial charge in [0.05, 0.1) is 16.3 Å². The smallest absolute Gasteiger partial charge is 0.225 e. The maximum absolute atomic E-state index is 13.0. The molecule has 1 N–H and O–H groups in total. The Hall–Kier alpha value is -2.93. The second-order valence-corrected chi connectivity index (χ2v) is 10.2. The Balaban J connectivity index is 1.79. The summed E-state index contributed by atoms with van der Waals surface area (Å²) in [5.41, 5.74) is 6.67. The molecule has 0 aliphatic heterocycles. The number of carbonyl (C=O) groups excluding carboxylic acids is 1. The molecule has 0 saturated heterocycles. The van der Waals surface area contributed by atoms with Crippen molar-refractivity contribution in [2.24, 2.45) is 0 Å². The highest BCUT2D eigenvalue weighted by Gasteiger charge is 2.21. The highest BCUT2D eigenvalue weighted by Crippen LogP contribution is 2.29. The van der Waals surface area contributed by atoms with Gasteiger partial charge in [0, 0.05) is 23.2 Å². The summed E-state index contributed by atoms with van der Waals surface area (Å²) in [7, 11) is -3.66. The van der Waals surface area contributed by atoms with Gasteiger partial charge in [0.25, 0.3) is 0 Å². The van der Waals surface area contributed by atoms with Gasteiger partial charge in [-0.3, -0.25) is 4.79 Å². The number of aromatic nitrogens is 1.